The fourth-order valence-electron chi connectivity index (χ4n) is 3.54. The first-order valence-electron chi connectivity index (χ1n) is 9.13. The van der Waals surface area contributed by atoms with Gasteiger partial charge in [-0.2, -0.15) is 0 Å². The lowest BCUT2D eigenvalue weighted by molar-refractivity contribution is 1.36. The fraction of sp³-hybridized carbons (Fsp3) is 0.0400. The predicted molar refractivity (Wildman–Crippen MR) is 118 cm³/mol. The molecular formula is C25H22N2. The first-order valence-corrected chi connectivity index (χ1v) is 9.13. The maximum atomic E-state index is 3.71. The summed E-state index contributed by atoms with van der Waals surface area (Å²) >= 11 is 0. The van der Waals surface area contributed by atoms with Crippen LogP contribution in [0, 0.1) is 0 Å². The molecule has 2 heterocycles. The van der Waals surface area contributed by atoms with E-state index in [1.165, 1.54) is 37.9 Å². The van der Waals surface area contributed by atoms with Crippen LogP contribution < -0.4 is 10.6 Å². The Kier molecular flexibility index (Phi) is 4.63. The van der Waals surface area contributed by atoms with Crippen molar-refractivity contribution in [3.05, 3.63) is 96.0 Å². The monoisotopic (exact) mass is 350 g/mol. The van der Waals surface area contributed by atoms with Crippen molar-refractivity contribution < 1.29 is 0 Å². The number of aromatic amines is 2. The maximum absolute atomic E-state index is 3.71. The van der Waals surface area contributed by atoms with Crippen molar-refractivity contribution in [2.75, 3.05) is 0 Å². The molecule has 2 nitrogen and oxygen atoms in total. The van der Waals surface area contributed by atoms with E-state index in [-0.39, 0.29) is 0 Å². The van der Waals surface area contributed by atoms with E-state index in [9.17, 15) is 0 Å². The summed E-state index contributed by atoms with van der Waals surface area (Å²) < 4.78 is 0. The zero-order valence-corrected chi connectivity index (χ0v) is 15.4. The molecule has 0 spiro atoms. The third-order valence-electron chi connectivity index (χ3n) is 4.76. The second kappa shape index (κ2) is 7.38. The van der Waals surface area contributed by atoms with E-state index in [2.05, 4.69) is 96.3 Å². The zero-order valence-electron chi connectivity index (χ0n) is 15.4. The van der Waals surface area contributed by atoms with E-state index in [1.807, 2.05) is 12.1 Å². The molecule has 2 aromatic heterocycles. The van der Waals surface area contributed by atoms with Gasteiger partial charge in [-0.3, -0.25) is 0 Å². The molecule has 0 radical (unpaired) electrons. The van der Waals surface area contributed by atoms with E-state index >= 15 is 0 Å². The van der Waals surface area contributed by atoms with Gasteiger partial charge in [0.25, 0.3) is 0 Å². The molecule has 132 valence electrons. The highest BCUT2D eigenvalue weighted by Gasteiger charge is 2.00. The highest BCUT2D eigenvalue weighted by molar-refractivity contribution is 6.06. The Labute approximate surface area is 158 Å². The molecule has 3 aromatic carbocycles. The SMILES string of the molecule is C=C/C=c1/[nH]c2ccccc2/c1=C/C.c1ccc2c(c1)[nH]c1ccccc12. The number of benzene rings is 3. The number of nitrogens with one attached hydrogen (secondary N) is 2. The second-order valence-corrected chi connectivity index (χ2v) is 6.41. The average Bonchev–Trinajstić information content (AvgIpc) is 3.26. The van der Waals surface area contributed by atoms with E-state index in [1.54, 1.807) is 6.08 Å². The second-order valence-electron chi connectivity index (χ2n) is 6.41. The molecule has 0 fully saturated rings. The Bertz CT molecular complexity index is 1300. The summed E-state index contributed by atoms with van der Waals surface area (Å²) in [6.45, 7) is 5.76. The van der Waals surface area contributed by atoms with E-state index in [0.29, 0.717) is 0 Å². The fourth-order valence-corrected chi connectivity index (χ4v) is 3.54. The molecule has 0 unspecified atom stereocenters. The molecule has 5 aromatic rings. The van der Waals surface area contributed by atoms with Gasteiger partial charge in [0.2, 0.25) is 0 Å². The Morgan fingerprint density at radius 2 is 1.15 bits per heavy atom. The van der Waals surface area contributed by atoms with Gasteiger partial charge in [0, 0.05) is 43.3 Å². The summed E-state index contributed by atoms with van der Waals surface area (Å²) in [6, 6.07) is 25.1. The Morgan fingerprint density at radius 3 is 1.67 bits per heavy atom. The molecule has 27 heavy (non-hydrogen) atoms. The van der Waals surface area contributed by atoms with Crippen molar-refractivity contribution in [2.45, 2.75) is 6.92 Å². The van der Waals surface area contributed by atoms with E-state index < -0.39 is 0 Å². The Morgan fingerprint density at radius 1 is 0.667 bits per heavy atom. The molecule has 2 N–H and O–H groups in total. The van der Waals surface area contributed by atoms with Crippen LogP contribution in [0.4, 0.5) is 0 Å². The lowest BCUT2D eigenvalue weighted by Gasteiger charge is -1.87. The number of allylic oxidation sites excluding steroid dienone is 1. The molecule has 0 atom stereocenters. The summed E-state index contributed by atoms with van der Waals surface area (Å²) in [4.78, 5) is 6.74. The molecule has 5 rings (SSSR count). The third-order valence-corrected chi connectivity index (χ3v) is 4.76. The number of aromatic nitrogens is 2. The molecule has 0 saturated carbocycles. The number of fused-ring (bicyclic) bond motifs is 4. The Balaban J connectivity index is 0.000000134. The van der Waals surface area contributed by atoms with Crippen LogP contribution in [0.25, 0.3) is 44.9 Å². The maximum Gasteiger partial charge on any atom is 0.0464 e. The highest BCUT2D eigenvalue weighted by atomic mass is 14.7. The zero-order chi connectivity index (χ0) is 18.6. The van der Waals surface area contributed by atoms with Crippen molar-refractivity contribution in [1.82, 2.24) is 9.97 Å². The van der Waals surface area contributed by atoms with Gasteiger partial charge in [0.15, 0.2) is 0 Å². The number of rotatable bonds is 1. The van der Waals surface area contributed by atoms with Crippen LogP contribution in [0.2, 0.25) is 0 Å². The molecule has 0 amide bonds. The van der Waals surface area contributed by atoms with Crippen LogP contribution in [0.3, 0.4) is 0 Å². The van der Waals surface area contributed by atoms with Gasteiger partial charge >= 0.3 is 0 Å². The molecule has 0 bridgehead atoms. The minimum absolute atomic E-state index is 1.13. The van der Waals surface area contributed by atoms with Crippen LogP contribution >= 0.6 is 0 Å². The van der Waals surface area contributed by atoms with Gasteiger partial charge in [-0.1, -0.05) is 73.3 Å². The first kappa shape index (κ1) is 16.9. The average molecular weight is 350 g/mol. The summed E-state index contributed by atoms with van der Waals surface area (Å²) in [6.07, 6.45) is 5.92. The third kappa shape index (κ3) is 3.18. The molecule has 0 aliphatic rings. The summed E-state index contributed by atoms with van der Waals surface area (Å²) in [5, 5.41) is 6.25. The molecular weight excluding hydrogens is 328 g/mol. The summed E-state index contributed by atoms with van der Waals surface area (Å²) in [5.74, 6) is 0. The largest absolute Gasteiger partial charge is 0.355 e. The predicted octanol–water partition coefficient (Wildman–Crippen LogP) is 5.26. The van der Waals surface area contributed by atoms with Crippen LogP contribution in [0.5, 0.6) is 0 Å². The summed E-state index contributed by atoms with van der Waals surface area (Å²) in [7, 11) is 0. The highest BCUT2D eigenvalue weighted by Crippen LogP contribution is 2.24. The quantitative estimate of drug-likeness (QED) is 0.413. The minimum atomic E-state index is 1.13. The normalized spacial score (nSPS) is 12.5. The first-order chi connectivity index (χ1) is 13.3. The number of hydrogen-bond acceptors (Lipinski definition) is 0. The molecule has 0 aliphatic heterocycles. The molecule has 0 aliphatic carbocycles. The lowest BCUT2D eigenvalue weighted by atomic mass is 10.2. The molecule has 0 saturated heterocycles. The van der Waals surface area contributed by atoms with E-state index in [4.69, 9.17) is 0 Å². The number of para-hydroxylation sites is 3. The lowest BCUT2D eigenvalue weighted by Crippen LogP contribution is -2.21. The van der Waals surface area contributed by atoms with Gasteiger partial charge in [0.1, 0.15) is 0 Å². The van der Waals surface area contributed by atoms with Gasteiger partial charge in [0.05, 0.1) is 0 Å². The van der Waals surface area contributed by atoms with E-state index in [0.717, 1.165) is 5.35 Å². The molecule has 2 heteroatoms. The van der Waals surface area contributed by atoms with Crippen molar-refractivity contribution in [1.29, 1.82) is 0 Å². The number of H-pyrrole nitrogens is 2. The minimum Gasteiger partial charge on any atom is -0.355 e. The van der Waals surface area contributed by atoms with Gasteiger partial charge in [-0.15, -0.1) is 0 Å². The summed E-state index contributed by atoms with van der Waals surface area (Å²) in [5.41, 5.74) is 3.60. The topological polar surface area (TPSA) is 31.6 Å². The van der Waals surface area contributed by atoms with Crippen molar-refractivity contribution >= 4 is 44.9 Å². The Hall–Kier alpha value is -3.52. The van der Waals surface area contributed by atoms with Gasteiger partial charge in [-0.25, -0.2) is 0 Å². The standard InChI is InChI=1S/C13H13N.C12H9N/c1-3-7-12-10(4-2)11-8-5-6-9-13(11)14-12;1-3-7-11-9(5-1)10-6-2-4-8-12(10)13-11/h3-9,14H,1H2,2H3;1-8,13H/b10-4-,12-7+;. The number of hydrogen-bond donors (Lipinski definition) is 2. The van der Waals surface area contributed by atoms with Crippen molar-refractivity contribution in [3.63, 3.8) is 0 Å². The van der Waals surface area contributed by atoms with Gasteiger partial charge < -0.3 is 9.97 Å². The van der Waals surface area contributed by atoms with Crippen LogP contribution in [-0.2, 0) is 0 Å². The smallest absolute Gasteiger partial charge is 0.0464 e. The van der Waals surface area contributed by atoms with Gasteiger partial charge in [-0.05, 0) is 31.2 Å². The van der Waals surface area contributed by atoms with Crippen LogP contribution in [0.1, 0.15) is 6.92 Å². The van der Waals surface area contributed by atoms with Crippen molar-refractivity contribution in [3.8, 4) is 0 Å². The van der Waals surface area contributed by atoms with Crippen molar-refractivity contribution in [2.24, 2.45) is 0 Å². The van der Waals surface area contributed by atoms with Crippen LogP contribution in [0.15, 0.2) is 85.5 Å². The van der Waals surface area contributed by atoms with Crippen LogP contribution in [-0.4, -0.2) is 9.97 Å².